The second-order valence-corrected chi connectivity index (χ2v) is 6.65. The summed E-state index contributed by atoms with van der Waals surface area (Å²) in [6, 6.07) is 15.1. The highest BCUT2D eigenvalue weighted by atomic mass is 79.9. The van der Waals surface area contributed by atoms with E-state index in [0.717, 1.165) is 15.8 Å². The first-order valence-corrected chi connectivity index (χ1v) is 8.07. The molecule has 0 radical (unpaired) electrons. The average molecular weight is 336 g/mol. The molecule has 100 valence electrons. The zero-order valence-corrected chi connectivity index (χ0v) is 13.6. The lowest BCUT2D eigenvalue weighted by molar-refractivity contribution is 0.811. The third kappa shape index (κ3) is 4.10. The predicted molar refractivity (Wildman–Crippen MR) is 87.5 cm³/mol. The Balaban J connectivity index is 2.06. The third-order valence-corrected chi connectivity index (χ3v) is 4.70. The number of hydrogen-bond acceptors (Lipinski definition) is 2. The molecule has 0 saturated carbocycles. The van der Waals surface area contributed by atoms with Gasteiger partial charge in [0.05, 0.1) is 0 Å². The van der Waals surface area contributed by atoms with Gasteiger partial charge in [0, 0.05) is 21.2 Å². The minimum absolute atomic E-state index is 0.0604. The molecule has 3 heteroatoms. The van der Waals surface area contributed by atoms with Gasteiger partial charge in [0.25, 0.3) is 0 Å². The Morgan fingerprint density at radius 2 is 2.00 bits per heavy atom. The van der Waals surface area contributed by atoms with E-state index in [9.17, 15) is 0 Å². The summed E-state index contributed by atoms with van der Waals surface area (Å²) < 4.78 is 1.09. The van der Waals surface area contributed by atoms with Gasteiger partial charge in [-0.3, -0.25) is 0 Å². The normalized spacial score (nSPS) is 12.4. The molecular weight excluding hydrogens is 318 g/mol. The number of halogens is 1. The third-order valence-electron chi connectivity index (χ3n) is 2.95. The van der Waals surface area contributed by atoms with E-state index in [2.05, 4.69) is 65.3 Å². The molecule has 0 aliphatic carbocycles. The summed E-state index contributed by atoms with van der Waals surface area (Å²) in [6.45, 7) is 4.13. The second kappa shape index (κ2) is 6.60. The lowest BCUT2D eigenvalue weighted by Crippen LogP contribution is -2.05. The van der Waals surface area contributed by atoms with Crippen LogP contribution in [0.2, 0.25) is 0 Å². The molecule has 0 fully saturated rings. The molecule has 1 nitrogen and oxygen atoms in total. The van der Waals surface area contributed by atoms with Crippen molar-refractivity contribution in [2.24, 2.45) is 5.73 Å². The lowest BCUT2D eigenvalue weighted by Gasteiger charge is -2.10. The van der Waals surface area contributed by atoms with E-state index in [1.807, 2.05) is 18.7 Å². The highest BCUT2D eigenvalue weighted by Crippen LogP contribution is 2.30. The predicted octanol–water partition coefficient (Wildman–Crippen LogP) is 5.07. The van der Waals surface area contributed by atoms with Gasteiger partial charge >= 0.3 is 0 Å². The molecule has 2 N–H and O–H groups in total. The largest absolute Gasteiger partial charge is 0.324 e. The van der Waals surface area contributed by atoms with Crippen LogP contribution in [-0.2, 0) is 5.75 Å². The van der Waals surface area contributed by atoms with Gasteiger partial charge < -0.3 is 5.73 Å². The zero-order valence-electron chi connectivity index (χ0n) is 11.2. The molecule has 0 amide bonds. The number of thioether (sulfide) groups is 1. The Morgan fingerprint density at radius 3 is 2.63 bits per heavy atom. The minimum atomic E-state index is 0.0604. The summed E-state index contributed by atoms with van der Waals surface area (Å²) in [5, 5.41) is 0. The smallest absolute Gasteiger partial charge is 0.0277 e. The maximum absolute atomic E-state index is 5.91. The Morgan fingerprint density at radius 1 is 1.21 bits per heavy atom. The topological polar surface area (TPSA) is 26.0 Å². The molecule has 0 heterocycles. The number of hydrogen-bond donors (Lipinski definition) is 1. The van der Waals surface area contributed by atoms with Gasteiger partial charge in [-0.05, 0) is 37.1 Å². The van der Waals surface area contributed by atoms with Gasteiger partial charge in [0.1, 0.15) is 0 Å². The second-order valence-electron chi connectivity index (χ2n) is 4.75. The van der Waals surface area contributed by atoms with Crippen molar-refractivity contribution in [3.8, 4) is 0 Å². The van der Waals surface area contributed by atoms with Crippen LogP contribution in [0.15, 0.2) is 51.8 Å². The van der Waals surface area contributed by atoms with Crippen LogP contribution >= 0.6 is 27.7 Å². The maximum Gasteiger partial charge on any atom is 0.0277 e. The number of aryl methyl sites for hydroxylation is 1. The van der Waals surface area contributed by atoms with Gasteiger partial charge in [-0.15, -0.1) is 11.8 Å². The summed E-state index contributed by atoms with van der Waals surface area (Å²) >= 11 is 5.44. The summed E-state index contributed by atoms with van der Waals surface area (Å²) in [4.78, 5) is 1.26. The fraction of sp³-hybridized carbons (Fsp3) is 0.250. The highest BCUT2D eigenvalue weighted by Gasteiger charge is 2.06. The van der Waals surface area contributed by atoms with Crippen LogP contribution in [0.25, 0.3) is 0 Å². The van der Waals surface area contributed by atoms with Crippen molar-refractivity contribution in [2.75, 3.05) is 0 Å². The summed E-state index contributed by atoms with van der Waals surface area (Å²) in [5.74, 6) is 0.992. The van der Waals surface area contributed by atoms with Crippen LogP contribution in [0.4, 0.5) is 0 Å². The first-order chi connectivity index (χ1) is 9.06. The van der Waals surface area contributed by atoms with Gasteiger partial charge in [-0.2, -0.15) is 0 Å². The van der Waals surface area contributed by atoms with Crippen LogP contribution < -0.4 is 5.73 Å². The average Bonchev–Trinajstić information content (AvgIpc) is 2.36. The van der Waals surface area contributed by atoms with Crippen LogP contribution in [-0.4, -0.2) is 0 Å². The summed E-state index contributed by atoms with van der Waals surface area (Å²) in [6.07, 6.45) is 0. The van der Waals surface area contributed by atoms with Crippen molar-refractivity contribution >= 4 is 27.7 Å². The van der Waals surface area contributed by atoms with E-state index in [0.29, 0.717) is 0 Å². The molecule has 0 unspecified atom stereocenters. The lowest BCUT2D eigenvalue weighted by atomic mass is 10.1. The van der Waals surface area contributed by atoms with Crippen molar-refractivity contribution in [1.82, 2.24) is 0 Å². The molecular formula is C16H18BrNS. The highest BCUT2D eigenvalue weighted by molar-refractivity contribution is 9.10. The van der Waals surface area contributed by atoms with Crippen molar-refractivity contribution < 1.29 is 0 Å². The zero-order chi connectivity index (χ0) is 13.8. The quantitative estimate of drug-likeness (QED) is 0.789. The van der Waals surface area contributed by atoms with E-state index in [-0.39, 0.29) is 6.04 Å². The molecule has 0 aromatic heterocycles. The van der Waals surface area contributed by atoms with Crippen LogP contribution in [0.1, 0.15) is 29.7 Å². The first kappa shape index (κ1) is 14.6. The van der Waals surface area contributed by atoms with Crippen molar-refractivity contribution in [2.45, 2.75) is 30.5 Å². The molecule has 2 aromatic carbocycles. The molecule has 0 saturated heterocycles. The molecule has 0 bridgehead atoms. The van der Waals surface area contributed by atoms with E-state index in [4.69, 9.17) is 5.73 Å². The Bertz CT molecular complexity index is 566. The van der Waals surface area contributed by atoms with Crippen molar-refractivity contribution in [3.63, 3.8) is 0 Å². The van der Waals surface area contributed by atoms with Crippen LogP contribution in [0.5, 0.6) is 0 Å². The van der Waals surface area contributed by atoms with E-state index in [1.54, 1.807) is 0 Å². The standard InChI is InChI=1S/C16H18BrNS/c1-11-4-3-5-13(8-11)10-19-14-6-7-15(12(2)18)16(17)9-14/h3-9,12H,10,18H2,1-2H3/t12-/m0/s1. The molecule has 0 aliphatic rings. The SMILES string of the molecule is Cc1cccc(CSc2ccc([C@H](C)N)c(Br)c2)c1. The van der Waals surface area contributed by atoms with Gasteiger partial charge in [-0.25, -0.2) is 0 Å². The number of benzene rings is 2. The number of nitrogens with two attached hydrogens (primary N) is 1. The Kier molecular flexibility index (Phi) is 5.08. The molecule has 19 heavy (non-hydrogen) atoms. The van der Waals surface area contributed by atoms with Crippen molar-refractivity contribution in [1.29, 1.82) is 0 Å². The van der Waals surface area contributed by atoms with E-state index < -0.39 is 0 Å². The summed E-state index contributed by atoms with van der Waals surface area (Å²) in [5.41, 5.74) is 9.73. The van der Waals surface area contributed by atoms with Gasteiger partial charge in [0.2, 0.25) is 0 Å². The fourth-order valence-electron chi connectivity index (χ4n) is 1.94. The van der Waals surface area contributed by atoms with Gasteiger partial charge in [-0.1, -0.05) is 51.8 Å². The Labute approximate surface area is 127 Å². The monoisotopic (exact) mass is 335 g/mol. The first-order valence-electron chi connectivity index (χ1n) is 6.29. The molecule has 0 spiro atoms. The van der Waals surface area contributed by atoms with Crippen molar-refractivity contribution in [3.05, 3.63) is 63.6 Å². The fourth-order valence-corrected chi connectivity index (χ4v) is 3.71. The minimum Gasteiger partial charge on any atom is -0.324 e. The molecule has 2 rings (SSSR count). The van der Waals surface area contributed by atoms with E-state index >= 15 is 0 Å². The summed E-state index contributed by atoms with van der Waals surface area (Å²) in [7, 11) is 0. The maximum atomic E-state index is 5.91. The molecule has 1 atom stereocenters. The van der Waals surface area contributed by atoms with E-state index in [1.165, 1.54) is 16.0 Å². The molecule has 0 aliphatic heterocycles. The van der Waals surface area contributed by atoms with Crippen LogP contribution in [0, 0.1) is 6.92 Å². The Hall–Kier alpha value is -0.770. The number of rotatable bonds is 4. The van der Waals surface area contributed by atoms with Crippen LogP contribution in [0.3, 0.4) is 0 Å². The molecule has 2 aromatic rings. The van der Waals surface area contributed by atoms with Gasteiger partial charge in [0.15, 0.2) is 0 Å².